The molecule has 1 saturated heterocycles. The molecule has 1 aliphatic heterocycles. The Morgan fingerprint density at radius 1 is 1.14 bits per heavy atom. The number of hydrogen-bond acceptors (Lipinski definition) is 3. The van der Waals surface area contributed by atoms with Crippen LogP contribution in [0.3, 0.4) is 0 Å². The minimum absolute atomic E-state index is 0.121. The maximum Gasteiger partial charge on any atom is 0.125 e. The van der Waals surface area contributed by atoms with Crippen LogP contribution in [0.25, 0.3) is 0 Å². The van der Waals surface area contributed by atoms with Crippen molar-refractivity contribution < 1.29 is 9.84 Å². The zero-order valence-electron chi connectivity index (χ0n) is 13.8. The van der Waals surface area contributed by atoms with Crippen LogP contribution in [0, 0.1) is 5.92 Å². The van der Waals surface area contributed by atoms with E-state index in [4.69, 9.17) is 4.74 Å². The summed E-state index contributed by atoms with van der Waals surface area (Å²) in [5.41, 5.74) is 0.196. The molecule has 1 aromatic carbocycles. The second-order valence-electron chi connectivity index (χ2n) is 6.89. The monoisotopic (exact) mass is 291 g/mol. The topological polar surface area (TPSA) is 32.7 Å². The molecule has 0 aliphatic carbocycles. The normalized spacial score (nSPS) is 19.2. The molecule has 21 heavy (non-hydrogen) atoms. The first-order valence-corrected chi connectivity index (χ1v) is 8.11. The molecular formula is C18H29NO2. The smallest absolute Gasteiger partial charge is 0.125 e. The summed E-state index contributed by atoms with van der Waals surface area (Å²) < 4.78 is 5.88. The molecule has 1 N–H and O–H groups in total. The van der Waals surface area contributed by atoms with Gasteiger partial charge in [0.1, 0.15) is 5.75 Å². The Kier molecular flexibility index (Phi) is 5.28. The highest BCUT2D eigenvalue weighted by molar-refractivity contribution is 5.38. The molecule has 0 spiro atoms. The quantitative estimate of drug-likeness (QED) is 0.902. The summed E-state index contributed by atoms with van der Waals surface area (Å²) in [5.74, 6) is 1.50. The lowest BCUT2D eigenvalue weighted by molar-refractivity contribution is -0.0302. The average Bonchev–Trinajstić information content (AvgIpc) is 2.41. The fourth-order valence-electron chi connectivity index (χ4n) is 3.10. The number of nitrogens with zero attached hydrogens (tertiary/aromatic N) is 1. The van der Waals surface area contributed by atoms with Crippen LogP contribution in [0.5, 0.6) is 5.75 Å². The van der Waals surface area contributed by atoms with Crippen molar-refractivity contribution in [2.45, 2.75) is 52.2 Å². The molecule has 0 aromatic heterocycles. The van der Waals surface area contributed by atoms with Gasteiger partial charge in [0.2, 0.25) is 0 Å². The van der Waals surface area contributed by atoms with E-state index in [-0.39, 0.29) is 6.10 Å². The Morgan fingerprint density at radius 2 is 1.76 bits per heavy atom. The molecule has 118 valence electrons. The van der Waals surface area contributed by atoms with Crippen LogP contribution in [-0.4, -0.2) is 35.7 Å². The summed E-state index contributed by atoms with van der Waals surface area (Å²) in [6.07, 6.45) is 1.67. The third-order valence-corrected chi connectivity index (χ3v) is 4.06. The van der Waals surface area contributed by atoms with Crippen molar-refractivity contribution in [3.05, 3.63) is 29.8 Å². The highest BCUT2D eigenvalue weighted by atomic mass is 16.5. The minimum atomic E-state index is -0.751. The van der Waals surface area contributed by atoms with Crippen LogP contribution in [-0.2, 0) is 5.60 Å². The van der Waals surface area contributed by atoms with E-state index >= 15 is 0 Å². The second-order valence-corrected chi connectivity index (χ2v) is 6.89. The first-order valence-electron chi connectivity index (χ1n) is 8.11. The largest absolute Gasteiger partial charge is 0.491 e. The predicted molar refractivity (Wildman–Crippen MR) is 86.6 cm³/mol. The molecule has 1 heterocycles. The zero-order chi connectivity index (χ0) is 15.5. The molecule has 0 atom stereocenters. The zero-order valence-corrected chi connectivity index (χ0v) is 13.8. The molecule has 0 saturated carbocycles. The molecular weight excluding hydrogens is 262 g/mol. The van der Waals surface area contributed by atoms with Gasteiger partial charge in [-0.25, -0.2) is 0 Å². The number of likely N-dealkylation sites (tertiary alicyclic amines) is 1. The van der Waals surface area contributed by atoms with E-state index in [0.29, 0.717) is 5.92 Å². The van der Waals surface area contributed by atoms with Crippen LogP contribution in [0.15, 0.2) is 24.3 Å². The van der Waals surface area contributed by atoms with E-state index in [0.717, 1.165) is 43.8 Å². The summed E-state index contributed by atoms with van der Waals surface area (Å²) in [7, 11) is 0. The third kappa shape index (κ3) is 4.21. The molecule has 1 fully saturated rings. The van der Waals surface area contributed by atoms with Gasteiger partial charge in [0.25, 0.3) is 0 Å². The van der Waals surface area contributed by atoms with Gasteiger partial charge in [-0.2, -0.15) is 0 Å². The van der Waals surface area contributed by atoms with Crippen LogP contribution >= 0.6 is 0 Å². The van der Waals surface area contributed by atoms with E-state index in [1.165, 1.54) is 0 Å². The molecule has 1 aliphatic rings. The number of rotatable bonds is 5. The molecule has 0 amide bonds. The fraction of sp³-hybridized carbons (Fsp3) is 0.667. The third-order valence-electron chi connectivity index (χ3n) is 4.06. The highest BCUT2D eigenvalue weighted by Crippen LogP contribution is 2.38. The molecule has 0 radical (unpaired) electrons. The van der Waals surface area contributed by atoms with Gasteiger partial charge in [-0.3, -0.25) is 0 Å². The number of benzene rings is 1. The van der Waals surface area contributed by atoms with Gasteiger partial charge in [0.15, 0.2) is 0 Å². The number of piperidine rings is 1. The van der Waals surface area contributed by atoms with Crippen LogP contribution in [0.2, 0.25) is 0 Å². The summed E-state index contributed by atoms with van der Waals surface area (Å²) in [6.45, 7) is 11.5. The predicted octanol–water partition coefficient (Wildman–Crippen LogP) is 3.41. The standard InChI is InChI=1S/C18H29NO2/c1-14(2)13-19-11-9-18(20,10-12-19)16-7-5-6-8-17(16)21-15(3)4/h5-8,14-15,20H,9-13H2,1-4H3. The van der Waals surface area contributed by atoms with E-state index in [1.54, 1.807) is 0 Å². The van der Waals surface area contributed by atoms with Crippen molar-refractivity contribution in [2.75, 3.05) is 19.6 Å². The summed E-state index contributed by atoms with van der Waals surface area (Å²) in [4.78, 5) is 2.45. The van der Waals surface area contributed by atoms with Gasteiger partial charge in [-0.15, -0.1) is 0 Å². The molecule has 3 heteroatoms. The SMILES string of the molecule is CC(C)CN1CCC(O)(c2ccccc2OC(C)C)CC1. The van der Waals surface area contributed by atoms with Gasteiger partial charge in [0, 0.05) is 25.2 Å². The molecule has 0 bridgehead atoms. The second kappa shape index (κ2) is 6.80. The summed E-state index contributed by atoms with van der Waals surface area (Å²) in [6, 6.07) is 7.93. The van der Waals surface area contributed by atoms with Crippen molar-refractivity contribution in [1.29, 1.82) is 0 Å². The lowest BCUT2D eigenvalue weighted by Gasteiger charge is -2.39. The van der Waals surface area contributed by atoms with Gasteiger partial charge in [-0.1, -0.05) is 32.0 Å². The number of hydrogen-bond donors (Lipinski definition) is 1. The highest BCUT2D eigenvalue weighted by Gasteiger charge is 2.36. The van der Waals surface area contributed by atoms with Gasteiger partial charge in [0.05, 0.1) is 11.7 Å². The first-order chi connectivity index (χ1) is 9.90. The number of para-hydroxylation sites is 1. The first kappa shape index (κ1) is 16.3. The van der Waals surface area contributed by atoms with E-state index in [1.807, 2.05) is 38.1 Å². The fourth-order valence-corrected chi connectivity index (χ4v) is 3.10. The lowest BCUT2D eigenvalue weighted by atomic mass is 9.83. The van der Waals surface area contributed by atoms with Crippen LogP contribution in [0.4, 0.5) is 0 Å². The van der Waals surface area contributed by atoms with Gasteiger partial charge in [-0.05, 0) is 38.7 Å². The molecule has 3 nitrogen and oxygen atoms in total. The van der Waals surface area contributed by atoms with Crippen molar-refractivity contribution >= 4 is 0 Å². The Labute approximate surface area is 128 Å². The Hall–Kier alpha value is -1.06. The van der Waals surface area contributed by atoms with Crippen molar-refractivity contribution in [2.24, 2.45) is 5.92 Å². The van der Waals surface area contributed by atoms with Gasteiger partial charge >= 0.3 is 0 Å². The summed E-state index contributed by atoms with van der Waals surface area (Å²) >= 11 is 0. The van der Waals surface area contributed by atoms with E-state index in [9.17, 15) is 5.11 Å². The number of ether oxygens (including phenoxy) is 1. The number of aliphatic hydroxyl groups is 1. The minimum Gasteiger partial charge on any atom is -0.491 e. The van der Waals surface area contributed by atoms with E-state index < -0.39 is 5.60 Å². The molecule has 0 unspecified atom stereocenters. The van der Waals surface area contributed by atoms with Crippen LogP contribution in [0.1, 0.15) is 46.1 Å². The van der Waals surface area contributed by atoms with Crippen LogP contribution < -0.4 is 4.74 Å². The Morgan fingerprint density at radius 3 is 2.33 bits per heavy atom. The maximum atomic E-state index is 11.1. The summed E-state index contributed by atoms with van der Waals surface area (Å²) in [5, 5.41) is 11.1. The maximum absolute atomic E-state index is 11.1. The molecule has 1 aromatic rings. The average molecular weight is 291 g/mol. The lowest BCUT2D eigenvalue weighted by Crippen LogP contribution is -2.44. The Bertz CT molecular complexity index is 448. The van der Waals surface area contributed by atoms with Crippen molar-refractivity contribution in [1.82, 2.24) is 4.90 Å². The van der Waals surface area contributed by atoms with Crippen molar-refractivity contribution in [3.8, 4) is 5.75 Å². The molecule has 2 rings (SSSR count). The van der Waals surface area contributed by atoms with E-state index in [2.05, 4.69) is 18.7 Å². The van der Waals surface area contributed by atoms with Crippen molar-refractivity contribution in [3.63, 3.8) is 0 Å². The Balaban J connectivity index is 2.11. The van der Waals surface area contributed by atoms with Gasteiger partial charge < -0.3 is 14.7 Å².